The highest BCUT2D eigenvalue weighted by Crippen LogP contribution is 2.20. The zero-order valence-electron chi connectivity index (χ0n) is 11.0. The molecule has 1 saturated carbocycles. The summed E-state index contributed by atoms with van der Waals surface area (Å²) in [5, 5.41) is 7.60. The molecule has 0 aromatic rings. The first kappa shape index (κ1) is 16.4. The summed E-state index contributed by atoms with van der Waals surface area (Å²) in [5.41, 5.74) is 0.504. The van der Waals surface area contributed by atoms with Crippen molar-refractivity contribution in [3.05, 3.63) is 24.8 Å². The molecule has 0 aromatic heterocycles. The van der Waals surface area contributed by atoms with Crippen LogP contribution in [0.1, 0.15) is 45.4 Å². The van der Waals surface area contributed by atoms with E-state index in [4.69, 9.17) is 9.84 Å². The molecule has 0 aliphatic heterocycles. The fraction of sp³-hybridized carbons (Fsp3) is 0.571. The van der Waals surface area contributed by atoms with Gasteiger partial charge in [-0.15, -0.1) is 0 Å². The summed E-state index contributed by atoms with van der Waals surface area (Å²) in [4.78, 5) is 20.5. The van der Waals surface area contributed by atoms with Gasteiger partial charge < -0.3 is 9.84 Å². The van der Waals surface area contributed by atoms with Gasteiger partial charge in [-0.3, -0.25) is 0 Å². The maximum Gasteiger partial charge on any atom is 0.333 e. The van der Waals surface area contributed by atoms with Crippen molar-refractivity contribution in [2.45, 2.75) is 51.6 Å². The average molecular weight is 254 g/mol. The van der Waals surface area contributed by atoms with Crippen LogP contribution in [-0.4, -0.2) is 23.1 Å². The largest absolute Gasteiger partial charge is 0.478 e. The minimum Gasteiger partial charge on any atom is -0.478 e. The number of carbonyl (C=O) groups is 2. The van der Waals surface area contributed by atoms with E-state index in [2.05, 4.69) is 13.2 Å². The lowest BCUT2D eigenvalue weighted by Gasteiger charge is -2.14. The van der Waals surface area contributed by atoms with Crippen molar-refractivity contribution in [1.82, 2.24) is 0 Å². The van der Waals surface area contributed by atoms with Gasteiger partial charge in [0.05, 0.1) is 0 Å². The Labute approximate surface area is 108 Å². The molecule has 18 heavy (non-hydrogen) atoms. The predicted molar refractivity (Wildman–Crippen MR) is 70.2 cm³/mol. The topological polar surface area (TPSA) is 63.6 Å². The van der Waals surface area contributed by atoms with Gasteiger partial charge in [0.25, 0.3) is 0 Å². The van der Waals surface area contributed by atoms with Crippen molar-refractivity contribution in [2.24, 2.45) is 0 Å². The summed E-state index contributed by atoms with van der Waals surface area (Å²) in [6.45, 7) is 8.22. The van der Waals surface area contributed by atoms with Crippen LogP contribution in [-0.2, 0) is 14.3 Å². The summed E-state index contributed by atoms with van der Waals surface area (Å²) < 4.78 is 5.29. The highest BCUT2D eigenvalue weighted by molar-refractivity contribution is 5.87. The molecule has 1 N–H and O–H groups in total. The van der Waals surface area contributed by atoms with Crippen LogP contribution in [0.15, 0.2) is 24.8 Å². The Kier molecular flexibility index (Phi) is 8.62. The van der Waals surface area contributed by atoms with Gasteiger partial charge in [0.2, 0.25) is 0 Å². The smallest absolute Gasteiger partial charge is 0.333 e. The molecule has 0 heterocycles. The van der Waals surface area contributed by atoms with E-state index in [0.29, 0.717) is 5.57 Å². The van der Waals surface area contributed by atoms with Crippen LogP contribution in [0.5, 0.6) is 0 Å². The van der Waals surface area contributed by atoms with Crippen LogP contribution in [0, 0.1) is 0 Å². The molecule has 1 aliphatic rings. The average Bonchev–Trinajstić information content (AvgIpc) is 2.58. The van der Waals surface area contributed by atoms with E-state index >= 15 is 0 Å². The van der Waals surface area contributed by atoms with Crippen LogP contribution < -0.4 is 0 Å². The second kappa shape index (κ2) is 9.45. The first-order valence-electron chi connectivity index (χ1n) is 6.19. The van der Waals surface area contributed by atoms with Crippen LogP contribution in [0.4, 0.5) is 0 Å². The van der Waals surface area contributed by atoms with E-state index in [1.54, 1.807) is 6.92 Å². The lowest BCUT2D eigenvalue weighted by Crippen LogP contribution is -2.17. The quantitative estimate of drug-likeness (QED) is 0.477. The Morgan fingerprint density at radius 3 is 2.00 bits per heavy atom. The zero-order chi connectivity index (χ0) is 14.0. The van der Waals surface area contributed by atoms with E-state index in [-0.39, 0.29) is 12.1 Å². The lowest BCUT2D eigenvalue weighted by atomic mass is 10.1. The van der Waals surface area contributed by atoms with Gasteiger partial charge in [0.15, 0.2) is 0 Å². The number of aliphatic carboxylic acids is 1. The number of carbonyl (C=O) groups excluding carboxylic acids is 1. The fourth-order valence-corrected chi connectivity index (χ4v) is 1.61. The molecule has 0 bridgehead atoms. The summed E-state index contributed by atoms with van der Waals surface area (Å²) >= 11 is 0. The minimum atomic E-state index is -0.981. The highest BCUT2D eigenvalue weighted by Gasteiger charge is 2.16. The first-order valence-corrected chi connectivity index (χ1v) is 6.19. The molecular formula is C14H22O4. The first-order chi connectivity index (χ1) is 8.47. The summed E-state index contributed by atoms with van der Waals surface area (Å²) in [7, 11) is 0. The van der Waals surface area contributed by atoms with E-state index < -0.39 is 5.97 Å². The monoisotopic (exact) mass is 254 g/mol. The number of hydrogen-bond donors (Lipinski definition) is 1. The minimum absolute atomic E-state index is 0.145. The maximum absolute atomic E-state index is 11.2. The normalized spacial score (nSPS) is 15.6. The predicted octanol–water partition coefficient (Wildman–Crippen LogP) is 3.09. The van der Waals surface area contributed by atoms with E-state index in [9.17, 15) is 9.59 Å². The Morgan fingerprint density at radius 2 is 1.67 bits per heavy atom. The van der Waals surface area contributed by atoms with Crippen molar-refractivity contribution < 1.29 is 19.4 Å². The Bertz CT molecular complexity index is 299. The number of carboxylic acid groups (broad SMARTS) is 1. The van der Waals surface area contributed by atoms with Crippen molar-refractivity contribution in [3.8, 4) is 0 Å². The number of ether oxygens (including phenoxy) is 1. The third-order valence-corrected chi connectivity index (χ3v) is 2.60. The molecule has 0 aromatic carbocycles. The van der Waals surface area contributed by atoms with Gasteiger partial charge in [-0.05, 0) is 32.6 Å². The van der Waals surface area contributed by atoms with Crippen molar-refractivity contribution in [3.63, 3.8) is 0 Å². The molecule has 102 valence electrons. The summed E-state index contributed by atoms with van der Waals surface area (Å²) in [6.07, 6.45) is 7.97. The Morgan fingerprint density at radius 1 is 1.22 bits per heavy atom. The molecule has 1 aliphatic carbocycles. The number of hydrogen-bond acceptors (Lipinski definition) is 3. The van der Waals surface area contributed by atoms with Gasteiger partial charge in [-0.1, -0.05) is 26.0 Å². The number of rotatable bonds is 3. The molecule has 1 rings (SSSR count). The van der Waals surface area contributed by atoms with Crippen LogP contribution in [0.25, 0.3) is 0 Å². The van der Waals surface area contributed by atoms with E-state index in [0.717, 1.165) is 18.9 Å². The molecule has 0 unspecified atom stereocenters. The summed E-state index contributed by atoms with van der Waals surface area (Å²) in [5.74, 6) is -1.21. The second-order valence-corrected chi connectivity index (χ2v) is 4.34. The van der Waals surface area contributed by atoms with Gasteiger partial charge >= 0.3 is 11.9 Å². The molecule has 0 spiro atoms. The third-order valence-electron chi connectivity index (χ3n) is 2.60. The van der Waals surface area contributed by atoms with Crippen molar-refractivity contribution in [1.29, 1.82) is 0 Å². The fourth-order valence-electron chi connectivity index (χ4n) is 1.61. The van der Waals surface area contributed by atoms with Crippen molar-refractivity contribution in [2.75, 3.05) is 0 Å². The Hall–Kier alpha value is -1.58. The number of carboxylic acids is 1. The number of esters is 1. The summed E-state index contributed by atoms with van der Waals surface area (Å²) in [6, 6.07) is 0. The lowest BCUT2D eigenvalue weighted by molar-refractivity contribution is -0.144. The molecule has 4 heteroatoms. The molecule has 1 fully saturated rings. The molecule has 0 radical (unpaired) electrons. The maximum atomic E-state index is 11.2. The molecule has 0 saturated heterocycles. The Balaban J connectivity index is 0.000000494. The van der Waals surface area contributed by atoms with Gasteiger partial charge in [0, 0.05) is 11.6 Å². The molecule has 0 atom stereocenters. The van der Waals surface area contributed by atoms with Gasteiger partial charge in [-0.25, -0.2) is 9.59 Å². The standard InChI is InChI=1S/C11H18O2.C3H4O2/c1-9(2)11(12)13-10-7-5-3-4-6-8-10;1-2-3(4)5/h10H,1,3-8H2,2H3;2H,1H2,(H,4,5). The van der Waals surface area contributed by atoms with Gasteiger partial charge in [0.1, 0.15) is 6.10 Å². The highest BCUT2D eigenvalue weighted by atomic mass is 16.5. The SMILES string of the molecule is C=C(C)C(=O)OC1CCCCCC1.C=CC(=O)O. The van der Waals surface area contributed by atoms with Crippen LogP contribution >= 0.6 is 0 Å². The van der Waals surface area contributed by atoms with Gasteiger partial charge in [-0.2, -0.15) is 0 Å². The molecular weight excluding hydrogens is 232 g/mol. The third kappa shape index (κ3) is 8.56. The molecule has 0 amide bonds. The molecule has 4 nitrogen and oxygen atoms in total. The second-order valence-electron chi connectivity index (χ2n) is 4.34. The zero-order valence-corrected chi connectivity index (χ0v) is 11.0. The van der Waals surface area contributed by atoms with Crippen LogP contribution in [0.2, 0.25) is 0 Å². The van der Waals surface area contributed by atoms with Crippen molar-refractivity contribution >= 4 is 11.9 Å². The van der Waals surface area contributed by atoms with Crippen LogP contribution in [0.3, 0.4) is 0 Å². The van der Waals surface area contributed by atoms with E-state index in [1.165, 1.54) is 25.7 Å². The van der Waals surface area contributed by atoms with E-state index in [1.807, 2.05) is 0 Å².